The molecular formula is C23H40O4. The molecule has 27 heavy (non-hydrogen) atoms. The molecule has 0 aliphatic carbocycles. The molecule has 0 saturated heterocycles. The Bertz CT molecular complexity index is 426. The van der Waals surface area contributed by atoms with Crippen LogP contribution in [0.4, 0.5) is 0 Å². The van der Waals surface area contributed by atoms with Gasteiger partial charge in [-0.1, -0.05) is 76.2 Å². The van der Waals surface area contributed by atoms with Crippen molar-refractivity contribution in [1.82, 2.24) is 0 Å². The molecule has 0 aromatic carbocycles. The van der Waals surface area contributed by atoms with Gasteiger partial charge in [0.05, 0.1) is 0 Å². The molecule has 0 spiro atoms. The summed E-state index contributed by atoms with van der Waals surface area (Å²) >= 11 is 0. The number of carbonyl (C=O) groups excluding carboxylic acids is 1. The van der Waals surface area contributed by atoms with E-state index in [0.29, 0.717) is 6.42 Å². The predicted octanol–water partition coefficient (Wildman–Crippen LogP) is 6.60. The lowest BCUT2D eigenvalue weighted by Crippen LogP contribution is -2.23. The zero-order valence-electron chi connectivity index (χ0n) is 17.5. The molecule has 1 N–H and O–H groups in total. The Morgan fingerprint density at radius 2 is 1.33 bits per heavy atom. The predicted molar refractivity (Wildman–Crippen MR) is 112 cm³/mol. The summed E-state index contributed by atoms with van der Waals surface area (Å²) < 4.78 is 4.79. The quantitative estimate of drug-likeness (QED) is 0.165. The molecule has 0 fully saturated rings. The minimum Gasteiger partial charge on any atom is -0.479 e. The zero-order valence-corrected chi connectivity index (χ0v) is 17.5. The Morgan fingerprint density at radius 3 is 1.89 bits per heavy atom. The molecule has 0 amide bonds. The van der Waals surface area contributed by atoms with Crippen LogP contribution in [0, 0.1) is 0 Å². The molecule has 0 bridgehead atoms. The molecule has 1 unspecified atom stereocenters. The fraction of sp³-hybridized carbons (Fsp3) is 0.739. The van der Waals surface area contributed by atoms with Gasteiger partial charge in [0.15, 0.2) is 6.10 Å². The van der Waals surface area contributed by atoms with Crippen LogP contribution >= 0.6 is 0 Å². The van der Waals surface area contributed by atoms with Gasteiger partial charge >= 0.3 is 11.9 Å². The average molecular weight is 381 g/mol. The minimum atomic E-state index is -1.10. The number of ether oxygens (including phenoxy) is 1. The average Bonchev–Trinajstić information content (AvgIpc) is 2.64. The van der Waals surface area contributed by atoms with Gasteiger partial charge in [0.2, 0.25) is 0 Å². The SMILES string of the molecule is CCCCC/C=C\C/C=C\CCCCCCCCCC(=O)OC(C)C(=O)O. The van der Waals surface area contributed by atoms with E-state index in [1.807, 2.05) is 0 Å². The summed E-state index contributed by atoms with van der Waals surface area (Å²) in [6.45, 7) is 3.61. The largest absolute Gasteiger partial charge is 0.479 e. The van der Waals surface area contributed by atoms with Crippen molar-refractivity contribution in [1.29, 1.82) is 0 Å². The van der Waals surface area contributed by atoms with Crippen molar-refractivity contribution in [2.75, 3.05) is 0 Å². The molecule has 156 valence electrons. The first-order valence-electron chi connectivity index (χ1n) is 10.8. The molecule has 0 aliphatic heterocycles. The van der Waals surface area contributed by atoms with Crippen molar-refractivity contribution in [2.45, 2.75) is 110 Å². The zero-order chi connectivity index (χ0) is 20.2. The van der Waals surface area contributed by atoms with Gasteiger partial charge in [0.1, 0.15) is 0 Å². The van der Waals surface area contributed by atoms with Crippen LogP contribution in [0.15, 0.2) is 24.3 Å². The molecule has 0 aliphatic rings. The number of unbranched alkanes of at least 4 members (excludes halogenated alkanes) is 10. The van der Waals surface area contributed by atoms with Crippen LogP contribution in [0.25, 0.3) is 0 Å². The molecule has 0 heterocycles. The molecule has 4 nitrogen and oxygen atoms in total. The minimum absolute atomic E-state index is 0.315. The lowest BCUT2D eigenvalue weighted by Gasteiger charge is -2.08. The Labute approximate surface area is 166 Å². The van der Waals surface area contributed by atoms with Gasteiger partial charge in [-0.05, 0) is 45.4 Å². The molecule has 0 aromatic heterocycles. The van der Waals surface area contributed by atoms with Crippen LogP contribution in [0.2, 0.25) is 0 Å². The molecule has 0 radical (unpaired) electrons. The first kappa shape index (κ1) is 25.4. The van der Waals surface area contributed by atoms with Gasteiger partial charge < -0.3 is 9.84 Å². The van der Waals surface area contributed by atoms with Gasteiger partial charge in [0.25, 0.3) is 0 Å². The highest BCUT2D eigenvalue weighted by Crippen LogP contribution is 2.11. The van der Waals surface area contributed by atoms with Crippen molar-refractivity contribution in [3.8, 4) is 0 Å². The molecule has 1 atom stereocenters. The van der Waals surface area contributed by atoms with Crippen LogP contribution in [0.1, 0.15) is 104 Å². The summed E-state index contributed by atoms with van der Waals surface area (Å²) in [6, 6.07) is 0. The molecule has 0 rings (SSSR count). The van der Waals surface area contributed by atoms with E-state index >= 15 is 0 Å². The van der Waals surface area contributed by atoms with E-state index in [1.165, 1.54) is 58.3 Å². The van der Waals surface area contributed by atoms with Crippen LogP contribution in [0.5, 0.6) is 0 Å². The molecule has 4 heteroatoms. The number of hydrogen-bond acceptors (Lipinski definition) is 3. The van der Waals surface area contributed by atoms with E-state index in [9.17, 15) is 9.59 Å². The number of hydrogen-bond donors (Lipinski definition) is 1. The number of carboxylic acid groups (broad SMARTS) is 1. The third kappa shape index (κ3) is 19.0. The maximum Gasteiger partial charge on any atom is 0.344 e. The van der Waals surface area contributed by atoms with Crippen molar-refractivity contribution in [2.24, 2.45) is 0 Å². The lowest BCUT2D eigenvalue weighted by atomic mass is 10.1. The second-order valence-electron chi connectivity index (χ2n) is 7.16. The maximum absolute atomic E-state index is 11.4. The van der Waals surface area contributed by atoms with Crippen molar-refractivity contribution < 1.29 is 19.4 Å². The number of esters is 1. The molecule has 0 saturated carbocycles. The fourth-order valence-corrected chi connectivity index (χ4v) is 2.74. The summed E-state index contributed by atoms with van der Waals surface area (Å²) in [4.78, 5) is 22.0. The van der Waals surface area contributed by atoms with Gasteiger partial charge in [-0.25, -0.2) is 4.79 Å². The monoisotopic (exact) mass is 380 g/mol. The highest BCUT2D eigenvalue weighted by atomic mass is 16.6. The van der Waals surface area contributed by atoms with E-state index in [0.717, 1.165) is 32.1 Å². The third-order valence-electron chi connectivity index (χ3n) is 4.49. The second-order valence-corrected chi connectivity index (χ2v) is 7.16. The van der Waals surface area contributed by atoms with Crippen LogP contribution in [-0.4, -0.2) is 23.1 Å². The van der Waals surface area contributed by atoms with Gasteiger partial charge in [-0.3, -0.25) is 4.79 Å². The Kier molecular flexibility index (Phi) is 18.1. The molecular weight excluding hydrogens is 340 g/mol. The van der Waals surface area contributed by atoms with Crippen LogP contribution in [0.3, 0.4) is 0 Å². The third-order valence-corrected chi connectivity index (χ3v) is 4.49. The van der Waals surface area contributed by atoms with E-state index in [4.69, 9.17) is 9.84 Å². The Balaban J connectivity index is 3.32. The number of carbonyl (C=O) groups is 2. The van der Waals surface area contributed by atoms with E-state index in [1.54, 1.807) is 0 Å². The van der Waals surface area contributed by atoms with E-state index in [-0.39, 0.29) is 0 Å². The number of carboxylic acids is 1. The van der Waals surface area contributed by atoms with Crippen molar-refractivity contribution in [3.63, 3.8) is 0 Å². The molecule has 0 aromatic rings. The first-order chi connectivity index (χ1) is 13.1. The Hall–Kier alpha value is -1.58. The summed E-state index contributed by atoms with van der Waals surface area (Å²) in [6.07, 6.45) is 23.6. The smallest absolute Gasteiger partial charge is 0.344 e. The van der Waals surface area contributed by atoms with Crippen LogP contribution < -0.4 is 0 Å². The topological polar surface area (TPSA) is 63.6 Å². The summed E-state index contributed by atoms with van der Waals surface area (Å²) in [5.41, 5.74) is 0. The van der Waals surface area contributed by atoms with E-state index in [2.05, 4.69) is 31.2 Å². The van der Waals surface area contributed by atoms with Gasteiger partial charge in [-0.15, -0.1) is 0 Å². The van der Waals surface area contributed by atoms with Gasteiger partial charge in [0, 0.05) is 6.42 Å². The maximum atomic E-state index is 11.4. The normalized spacial score (nSPS) is 12.7. The number of rotatable bonds is 18. The lowest BCUT2D eigenvalue weighted by molar-refractivity contribution is -0.162. The summed E-state index contributed by atoms with van der Waals surface area (Å²) in [5, 5.41) is 8.67. The van der Waals surface area contributed by atoms with Crippen molar-refractivity contribution >= 4 is 11.9 Å². The number of aliphatic carboxylic acids is 1. The standard InChI is InChI=1S/C23H40O4/c1-3-4-5-6-7-8-9-10-11-12-13-14-15-16-17-18-19-20-22(24)27-21(2)23(25)26/h7-8,10-11,21H,3-6,9,12-20H2,1-2H3,(H,25,26)/b8-7-,11-10-. The van der Waals surface area contributed by atoms with Crippen LogP contribution in [-0.2, 0) is 14.3 Å². The summed E-state index contributed by atoms with van der Waals surface area (Å²) in [7, 11) is 0. The first-order valence-corrected chi connectivity index (χ1v) is 10.8. The fourth-order valence-electron chi connectivity index (χ4n) is 2.74. The Morgan fingerprint density at radius 1 is 0.815 bits per heavy atom. The summed E-state index contributed by atoms with van der Waals surface area (Å²) in [5.74, 6) is -1.51. The van der Waals surface area contributed by atoms with E-state index < -0.39 is 18.0 Å². The second kappa shape index (κ2) is 19.2. The highest BCUT2D eigenvalue weighted by molar-refractivity contribution is 5.77. The van der Waals surface area contributed by atoms with Crippen molar-refractivity contribution in [3.05, 3.63) is 24.3 Å². The number of allylic oxidation sites excluding steroid dienone is 4. The highest BCUT2D eigenvalue weighted by Gasteiger charge is 2.15. The van der Waals surface area contributed by atoms with Gasteiger partial charge in [-0.2, -0.15) is 0 Å².